The summed E-state index contributed by atoms with van der Waals surface area (Å²) < 4.78 is 34.9. The van der Waals surface area contributed by atoms with Crippen molar-refractivity contribution in [3.8, 4) is 11.5 Å². The Balaban J connectivity index is 1.28. The minimum atomic E-state index is -1.43. The minimum absolute atomic E-state index is 0.116. The zero-order valence-electron chi connectivity index (χ0n) is 23.2. The molecule has 0 spiro atoms. The van der Waals surface area contributed by atoms with Gasteiger partial charge < -0.3 is 20.3 Å². The Bertz CT molecular complexity index is 1480. The van der Waals surface area contributed by atoms with Crippen LogP contribution >= 0.6 is 0 Å². The molecule has 220 valence electrons. The average molecular weight is 579 g/mol. The van der Waals surface area contributed by atoms with Crippen LogP contribution in [0.4, 0.5) is 30.8 Å². The maximum atomic E-state index is 15.5. The van der Waals surface area contributed by atoms with Crippen LogP contribution in [-0.4, -0.2) is 65.9 Å². The molecule has 4 amide bonds. The van der Waals surface area contributed by atoms with Crippen molar-refractivity contribution in [1.82, 2.24) is 14.8 Å². The second-order valence-corrected chi connectivity index (χ2v) is 10.6. The zero-order valence-corrected chi connectivity index (χ0v) is 23.2. The molecule has 1 aromatic heterocycles. The van der Waals surface area contributed by atoms with Crippen LogP contribution in [0.5, 0.6) is 11.5 Å². The summed E-state index contributed by atoms with van der Waals surface area (Å²) in [6.45, 7) is 3.78. The minimum Gasteiger partial charge on any atom is -0.457 e. The van der Waals surface area contributed by atoms with Crippen LogP contribution in [0.25, 0.3) is 0 Å². The molecule has 0 bridgehead atoms. The van der Waals surface area contributed by atoms with E-state index in [0.29, 0.717) is 12.3 Å². The molecule has 1 aliphatic carbocycles. The molecular formula is C30H32F2N6O4. The highest BCUT2D eigenvalue weighted by molar-refractivity contribution is 6.16. The molecule has 5 rings (SSSR count). The van der Waals surface area contributed by atoms with E-state index in [9.17, 15) is 18.8 Å². The normalized spacial score (nSPS) is 15.3. The quantitative estimate of drug-likeness (QED) is 0.320. The van der Waals surface area contributed by atoms with Gasteiger partial charge in [0.1, 0.15) is 28.5 Å². The molecule has 2 heterocycles. The third-order valence-corrected chi connectivity index (χ3v) is 7.54. The van der Waals surface area contributed by atoms with Gasteiger partial charge >= 0.3 is 6.03 Å². The number of nitrogens with two attached hydrogens (primary N) is 1. The van der Waals surface area contributed by atoms with Crippen LogP contribution in [0, 0.1) is 17.0 Å². The number of ether oxygens (including phenoxy) is 1. The van der Waals surface area contributed by atoms with Crippen molar-refractivity contribution in [2.45, 2.75) is 25.7 Å². The van der Waals surface area contributed by atoms with Gasteiger partial charge in [0.25, 0.3) is 0 Å². The maximum Gasteiger partial charge on any atom is 0.322 e. The number of nitrogens with zero attached hydrogens (tertiary/aromatic N) is 4. The standard InChI is InChI=1S/C30H32F2N6O4/c1-36(14-2-15-37-16-3-17-37)29(41)35-26-19-23(10-13-34-26)42-22-8-9-25(24(32)18-22)38(21-6-4-20(31)5-7-21)28(40)30(11-12-30)27(33)39/h4-10,13,18-19H,2-3,11-12,14-17H2,1H3,(H2,33,39)(H,34,35,41). The number of amides is 4. The van der Waals surface area contributed by atoms with Crippen molar-refractivity contribution in [3.63, 3.8) is 0 Å². The van der Waals surface area contributed by atoms with Crippen LogP contribution in [-0.2, 0) is 9.59 Å². The van der Waals surface area contributed by atoms with Gasteiger partial charge in [0, 0.05) is 37.6 Å². The number of likely N-dealkylation sites (tertiary alicyclic amines) is 1. The van der Waals surface area contributed by atoms with Gasteiger partial charge in [-0.2, -0.15) is 0 Å². The van der Waals surface area contributed by atoms with E-state index in [1.807, 2.05) is 0 Å². The Morgan fingerprint density at radius 3 is 2.38 bits per heavy atom. The van der Waals surface area contributed by atoms with E-state index in [-0.39, 0.29) is 41.8 Å². The number of pyridine rings is 1. The van der Waals surface area contributed by atoms with Crippen LogP contribution < -0.4 is 20.7 Å². The van der Waals surface area contributed by atoms with Crippen molar-refractivity contribution in [2.75, 3.05) is 43.4 Å². The first kappa shape index (κ1) is 28.9. The highest BCUT2D eigenvalue weighted by Gasteiger charge is 2.57. The predicted octanol–water partition coefficient (Wildman–Crippen LogP) is 4.64. The summed E-state index contributed by atoms with van der Waals surface area (Å²) in [5, 5.41) is 2.73. The summed E-state index contributed by atoms with van der Waals surface area (Å²) in [6, 6.07) is 11.6. The Morgan fingerprint density at radius 1 is 1.05 bits per heavy atom. The summed E-state index contributed by atoms with van der Waals surface area (Å²) in [7, 11) is 1.71. The van der Waals surface area contributed by atoms with Gasteiger partial charge in [-0.3, -0.25) is 19.8 Å². The maximum absolute atomic E-state index is 15.5. The van der Waals surface area contributed by atoms with E-state index >= 15 is 4.39 Å². The summed E-state index contributed by atoms with van der Waals surface area (Å²) in [6.07, 6.45) is 4.04. The smallest absolute Gasteiger partial charge is 0.322 e. The van der Waals surface area contributed by atoms with Gasteiger partial charge in [-0.1, -0.05) is 0 Å². The number of nitrogens with one attached hydrogen (secondary N) is 1. The Hall–Kier alpha value is -4.58. The molecule has 1 saturated heterocycles. The number of primary amides is 1. The van der Waals surface area contributed by atoms with Gasteiger partial charge in [0.05, 0.1) is 5.69 Å². The van der Waals surface area contributed by atoms with Crippen molar-refractivity contribution >= 4 is 35.0 Å². The molecule has 10 nitrogen and oxygen atoms in total. The van der Waals surface area contributed by atoms with E-state index in [1.54, 1.807) is 18.0 Å². The van der Waals surface area contributed by atoms with E-state index in [4.69, 9.17) is 10.5 Å². The molecule has 0 unspecified atom stereocenters. The topological polar surface area (TPSA) is 121 Å². The van der Waals surface area contributed by atoms with Crippen LogP contribution in [0.1, 0.15) is 25.7 Å². The van der Waals surface area contributed by atoms with E-state index in [1.165, 1.54) is 42.9 Å². The van der Waals surface area contributed by atoms with Gasteiger partial charge in [0.2, 0.25) is 11.8 Å². The first-order valence-corrected chi connectivity index (χ1v) is 13.7. The second-order valence-electron chi connectivity index (χ2n) is 10.6. The Labute approximate surface area is 242 Å². The lowest BCUT2D eigenvalue weighted by molar-refractivity contribution is -0.133. The molecule has 3 N–H and O–H groups in total. The van der Waals surface area contributed by atoms with E-state index in [2.05, 4.69) is 15.2 Å². The fourth-order valence-corrected chi connectivity index (χ4v) is 4.72. The molecule has 1 aliphatic heterocycles. The fourth-order valence-electron chi connectivity index (χ4n) is 4.72. The van der Waals surface area contributed by atoms with Gasteiger partial charge in [0.15, 0.2) is 5.82 Å². The number of hydrogen-bond donors (Lipinski definition) is 2. The zero-order chi connectivity index (χ0) is 29.9. The molecular weight excluding hydrogens is 546 g/mol. The molecule has 2 aromatic carbocycles. The second kappa shape index (κ2) is 12.1. The molecule has 2 fully saturated rings. The number of hydrogen-bond acceptors (Lipinski definition) is 6. The van der Waals surface area contributed by atoms with Gasteiger partial charge in [-0.15, -0.1) is 0 Å². The number of halogens is 2. The Kier molecular flexibility index (Phi) is 8.34. The first-order valence-electron chi connectivity index (χ1n) is 13.7. The summed E-state index contributed by atoms with van der Waals surface area (Å²) >= 11 is 0. The SMILES string of the molecule is CN(CCCN1CCC1)C(=O)Nc1cc(Oc2ccc(N(C(=O)C3(C(N)=O)CC3)c3ccc(F)cc3)c(F)c2)ccn1. The molecule has 42 heavy (non-hydrogen) atoms. The first-order chi connectivity index (χ1) is 20.2. The van der Waals surface area contributed by atoms with Crippen molar-refractivity contribution < 1.29 is 27.9 Å². The number of rotatable bonds is 11. The van der Waals surface area contributed by atoms with E-state index < -0.39 is 28.9 Å². The highest BCUT2D eigenvalue weighted by Crippen LogP contribution is 2.49. The number of urea groups is 1. The van der Waals surface area contributed by atoms with E-state index in [0.717, 1.165) is 49.2 Å². The summed E-state index contributed by atoms with van der Waals surface area (Å²) in [5.74, 6) is -2.15. The fraction of sp³-hybridized carbons (Fsp3) is 0.333. The molecule has 0 radical (unpaired) electrons. The molecule has 2 aliphatic rings. The summed E-state index contributed by atoms with van der Waals surface area (Å²) in [5.41, 5.74) is 4.10. The largest absolute Gasteiger partial charge is 0.457 e. The van der Waals surface area contributed by atoms with Crippen LogP contribution in [0.3, 0.4) is 0 Å². The number of aromatic nitrogens is 1. The number of benzene rings is 2. The van der Waals surface area contributed by atoms with Crippen molar-refractivity contribution in [3.05, 3.63) is 72.4 Å². The van der Waals surface area contributed by atoms with Gasteiger partial charge in [-0.05, 0) is 87.8 Å². The van der Waals surface area contributed by atoms with Gasteiger partial charge in [-0.25, -0.2) is 18.6 Å². The lowest BCUT2D eigenvalue weighted by Crippen LogP contribution is -2.41. The number of carbonyl (C=O) groups is 3. The monoisotopic (exact) mass is 578 g/mol. The predicted molar refractivity (Wildman–Crippen MR) is 152 cm³/mol. The lowest BCUT2D eigenvalue weighted by atomic mass is 10.0. The Morgan fingerprint density at radius 2 is 1.76 bits per heavy atom. The molecule has 3 aromatic rings. The van der Waals surface area contributed by atoms with Crippen molar-refractivity contribution in [2.24, 2.45) is 11.1 Å². The van der Waals surface area contributed by atoms with Crippen LogP contribution in [0.2, 0.25) is 0 Å². The summed E-state index contributed by atoms with van der Waals surface area (Å²) in [4.78, 5) is 47.2. The number of carbonyl (C=O) groups excluding carboxylic acids is 3. The molecule has 0 atom stereocenters. The number of anilines is 3. The van der Waals surface area contributed by atoms with Crippen LogP contribution in [0.15, 0.2) is 60.8 Å². The highest BCUT2D eigenvalue weighted by atomic mass is 19.1. The average Bonchev–Trinajstić information content (AvgIpc) is 3.75. The van der Waals surface area contributed by atoms with Crippen molar-refractivity contribution in [1.29, 1.82) is 0 Å². The lowest BCUT2D eigenvalue weighted by Gasteiger charge is -2.31. The molecule has 12 heteroatoms. The third-order valence-electron chi connectivity index (χ3n) is 7.54. The molecule has 1 saturated carbocycles. The third kappa shape index (κ3) is 6.33.